The van der Waals surface area contributed by atoms with Crippen LogP contribution in [0.4, 0.5) is 0 Å². The maximum Gasteiger partial charge on any atom is 0.338 e. The van der Waals surface area contributed by atoms with Gasteiger partial charge < -0.3 is 9.47 Å². The summed E-state index contributed by atoms with van der Waals surface area (Å²) in [5, 5.41) is 0. The zero-order valence-corrected chi connectivity index (χ0v) is 26.8. The molecule has 0 saturated heterocycles. The molecule has 0 unspecified atom stereocenters. The van der Waals surface area contributed by atoms with Gasteiger partial charge in [0.2, 0.25) is 0 Å². The third kappa shape index (κ3) is 5.36. The molecule has 4 fully saturated rings. The minimum absolute atomic E-state index is 0.0184. The second-order valence-electron chi connectivity index (χ2n) is 14.2. The van der Waals surface area contributed by atoms with Crippen LogP contribution < -0.4 is 0 Å². The standard InChI is InChI=1S/C31H53NO7S/c1-9-32(7)40(35,36)39-27-18-26-23(15-16-29(4)19-22(38-21(3)33)14-17-30(26,29)5)25-12-11-24(31(25,27)6)20(2)10-13-28(34)37-8/h20,22-27H,9-19H2,1-8H3/t20-,22+,23-,24+,25-,26-,27-,29+,30-,31+/m1/s1. The van der Waals surface area contributed by atoms with E-state index < -0.39 is 16.4 Å². The zero-order valence-electron chi connectivity index (χ0n) is 26.0. The summed E-state index contributed by atoms with van der Waals surface area (Å²) in [7, 11) is -0.876. The molecule has 0 aliphatic heterocycles. The Morgan fingerprint density at radius 3 is 2.38 bits per heavy atom. The Labute approximate surface area is 242 Å². The molecular weight excluding hydrogens is 530 g/mol. The van der Waals surface area contributed by atoms with Crippen LogP contribution >= 0.6 is 0 Å². The fraction of sp³-hybridized carbons (Fsp3) is 0.935. The van der Waals surface area contributed by atoms with Gasteiger partial charge in [-0.25, -0.2) is 0 Å². The van der Waals surface area contributed by atoms with E-state index in [1.54, 1.807) is 7.05 Å². The number of ether oxygens (including phenoxy) is 2. The highest BCUT2D eigenvalue weighted by atomic mass is 32.2. The predicted octanol–water partition coefficient (Wildman–Crippen LogP) is 5.75. The van der Waals surface area contributed by atoms with Crippen LogP contribution in [0.15, 0.2) is 0 Å². The number of fused-ring (bicyclic) bond motifs is 5. The Hall–Kier alpha value is -1.19. The van der Waals surface area contributed by atoms with Gasteiger partial charge in [-0.15, -0.1) is 0 Å². The van der Waals surface area contributed by atoms with E-state index in [-0.39, 0.29) is 46.1 Å². The number of carbonyl (C=O) groups is 2. The number of hydrogen-bond donors (Lipinski definition) is 0. The maximum atomic E-state index is 13.4. The third-order valence-corrected chi connectivity index (χ3v) is 14.1. The first kappa shape index (κ1) is 31.7. The van der Waals surface area contributed by atoms with Gasteiger partial charge in [0.15, 0.2) is 0 Å². The van der Waals surface area contributed by atoms with Crippen LogP contribution in [0, 0.1) is 45.8 Å². The van der Waals surface area contributed by atoms with Crippen LogP contribution in [-0.4, -0.2) is 57.6 Å². The van der Waals surface area contributed by atoms with Crippen LogP contribution in [0.5, 0.6) is 0 Å². The van der Waals surface area contributed by atoms with Gasteiger partial charge in [0, 0.05) is 32.4 Å². The molecule has 0 amide bonds. The average molecular weight is 584 g/mol. The van der Waals surface area contributed by atoms with Gasteiger partial charge in [0.1, 0.15) is 6.10 Å². The lowest BCUT2D eigenvalue weighted by molar-refractivity contribution is -0.202. The van der Waals surface area contributed by atoms with Crippen LogP contribution in [0.3, 0.4) is 0 Å². The first-order valence-electron chi connectivity index (χ1n) is 15.5. The molecule has 0 heterocycles. The largest absolute Gasteiger partial charge is 0.469 e. The van der Waals surface area contributed by atoms with Crippen molar-refractivity contribution in [1.29, 1.82) is 0 Å². The van der Waals surface area contributed by atoms with Gasteiger partial charge in [0.05, 0.1) is 13.2 Å². The van der Waals surface area contributed by atoms with E-state index >= 15 is 0 Å². The highest BCUT2D eigenvalue weighted by molar-refractivity contribution is 7.84. The number of nitrogens with zero attached hydrogens (tertiary/aromatic N) is 1. The van der Waals surface area contributed by atoms with E-state index in [1.165, 1.54) is 18.3 Å². The highest BCUT2D eigenvalue weighted by Gasteiger charge is 2.67. The lowest BCUT2D eigenvalue weighted by Gasteiger charge is -2.66. The first-order valence-corrected chi connectivity index (χ1v) is 16.9. The van der Waals surface area contributed by atoms with E-state index in [2.05, 4.69) is 27.7 Å². The van der Waals surface area contributed by atoms with Crippen molar-refractivity contribution in [2.24, 2.45) is 45.8 Å². The topological polar surface area (TPSA) is 99.2 Å². The Kier molecular flexibility index (Phi) is 9.11. The molecule has 0 radical (unpaired) electrons. The van der Waals surface area contributed by atoms with Crippen molar-refractivity contribution < 1.29 is 31.7 Å². The lowest BCUT2D eigenvalue weighted by atomic mass is 9.39. The first-order chi connectivity index (χ1) is 18.6. The SMILES string of the molecule is CCN(C)S(=O)(=O)O[C@@H]1C[C@@H]2[C@H](CC[C@@]3(C)C[C@@H](OC(C)=O)CC[C@]23C)[C@H]2CC[C@@H]([C@H](C)CCC(=O)OC)[C@@]21C. The summed E-state index contributed by atoms with van der Waals surface area (Å²) >= 11 is 0. The minimum atomic E-state index is -3.89. The van der Waals surface area contributed by atoms with Crippen molar-refractivity contribution >= 4 is 22.2 Å². The van der Waals surface area contributed by atoms with Gasteiger partial charge in [-0.3, -0.25) is 13.8 Å². The Morgan fingerprint density at radius 2 is 1.75 bits per heavy atom. The van der Waals surface area contributed by atoms with Crippen molar-refractivity contribution in [3.8, 4) is 0 Å². The summed E-state index contributed by atoms with van der Waals surface area (Å²) in [5.74, 6) is 1.35. The quantitative estimate of drug-likeness (QED) is 0.319. The molecule has 8 nitrogen and oxygen atoms in total. The van der Waals surface area contributed by atoms with Gasteiger partial charge in [-0.05, 0) is 98.2 Å². The van der Waals surface area contributed by atoms with E-state index in [0.717, 1.165) is 57.8 Å². The smallest absolute Gasteiger partial charge is 0.338 e. The summed E-state index contributed by atoms with van der Waals surface area (Å²) in [5.41, 5.74) is -0.252. The Bertz CT molecular complexity index is 1060. The number of hydrogen-bond acceptors (Lipinski definition) is 7. The Balaban J connectivity index is 1.69. The summed E-state index contributed by atoms with van der Waals surface area (Å²) in [4.78, 5) is 23.7. The van der Waals surface area contributed by atoms with Crippen molar-refractivity contribution in [2.45, 2.75) is 118 Å². The molecule has 4 aliphatic carbocycles. The monoisotopic (exact) mass is 583 g/mol. The normalized spacial score (nSPS) is 41.9. The summed E-state index contributed by atoms with van der Waals surface area (Å²) < 4.78 is 45.0. The average Bonchev–Trinajstić information content (AvgIpc) is 3.25. The van der Waals surface area contributed by atoms with Gasteiger partial charge >= 0.3 is 22.2 Å². The molecule has 4 saturated carbocycles. The summed E-state index contributed by atoms with van der Waals surface area (Å²) in [6.45, 7) is 13.0. The molecular formula is C31H53NO7S. The van der Waals surface area contributed by atoms with Gasteiger partial charge in [-0.2, -0.15) is 12.7 Å². The fourth-order valence-electron chi connectivity index (χ4n) is 9.99. The molecule has 4 aliphatic rings. The van der Waals surface area contributed by atoms with E-state index in [9.17, 15) is 18.0 Å². The minimum Gasteiger partial charge on any atom is -0.469 e. The van der Waals surface area contributed by atoms with Gasteiger partial charge in [-0.1, -0.05) is 34.6 Å². The molecule has 0 aromatic heterocycles. The molecule has 0 N–H and O–H groups in total. The number of rotatable bonds is 9. The van der Waals surface area contributed by atoms with E-state index in [1.807, 2.05) is 6.92 Å². The Morgan fingerprint density at radius 1 is 1.05 bits per heavy atom. The molecule has 40 heavy (non-hydrogen) atoms. The molecule has 4 rings (SSSR count). The third-order valence-electron chi connectivity index (χ3n) is 12.6. The second kappa shape index (κ2) is 11.5. The van der Waals surface area contributed by atoms with Crippen LogP contribution in [0.1, 0.15) is 106 Å². The van der Waals surface area contributed by atoms with Crippen LogP contribution in [0.25, 0.3) is 0 Å². The van der Waals surface area contributed by atoms with Crippen molar-refractivity contribution in [3.63, 3.8) is 0 Å². The summed E-state index contributed by atoms with van der Waals surface area (Å²) in [6.07, 6.45) is 8.36. The van der Waals surface area contributed by atoms with Crippen LogP contribution in [-0.2, 0) is 33.6 Å². The molecule has 9 heteroatoms. The van der Waals surface area contributed by atoms with E-state index in [0.29, 0.717) is 30.7 Å². The van der Waals surface area contributed by atoms with E-state index in [4.69, 9.17) is 13.7 Å². The lowest BCUT2D eigenvalue weighted by Crippen LogP contribution is -2.62. The van der Waals surface area contributed by atoms with Crippen molar-refractivity contribution in [1.82, 2.24) is 4.31 Å². The molecule has 0 bridgehead atoms. The number of esters is 2. The number of carbonyl (C=O) groups excluding carboxylic acids is 2. The van der Waals surface area contributed by atoms with Crippen molar-refractivity contribution in [3.05, 3.63) is 0 Å². The predicted molar refractivity (Wildman–Crippen MR) is 153 cm³/mol. The molecule has 0 spiro atoms. The summed E-state index contributed by atoms with van der Waals surface area (Å²) in [6, 6.07) is 0. The molecule has 0 aromatic carbocycles. The molecule has 10 atom stereocenters. The molecule has 230 valence electrons. The van der Waals surface area contributed by atoms with Gasteiger partial charge in [0.25, 0.3) is 0 Å². The van der Waals surface area contributed by atoms with Crippen molar-refractivity contribution in [2.75, 3.05) is 20.7 Å². The molecule has 0 aromatic rings. The highest BCUT2D eigenvalue weighted by Crippen LogP contribution is 2.72. The number of methoxy groups -OCH3 is 1. The maximum absolute atomic E-state index is 13.4. The van der Waals surface area contributed by atoms with Crippen LogP contribution in [0.2, 0.25) is 0 Å². The zero-order chi connectivity index (χ0) is 29.7. The fourth-order valence-corrected chi connectivity index (χ4v) is 11.0. The second-order valence-corrected chi connectivity index (χ2v) is 15.9.